The molecular weight excluding hydrogens is 474 g/mol. The molecule has 0 aliphatic carbocycles. The minimum atomic E-state index is 0.00530. The van der Waals surface area contributed by atoms with Gasteiger partial charge >= 0.3 is 0 Å². The van der Waals surface area contributed by atoms with Crippen molar-refractivity contribution >= 4 is 28.1 Å². The second kappa shape index (κ2) is 11.7. The number of piperazine rings is 1. The summed E-state index contributed by atoms with van der Waals surface area (Å²) in [5.41, 5.74) is 1.25. The maximum atomic E-state index is 12.9. The molecule has 0 radical (unpaired) electrons. The van der Waals surface area contributed by atoms with E-state index < -0.39 is 0 Å². The normalized spacial score (nSPS) is 18.9. The van der Waals surface area contributed by atoms with Crippen LogP contribution in [0, 0.1) is 5.92 Å². The van der Waals surface area contributed by atoms with E-state index in [2.05, 4.69) is 42.3 Å². The molecule has 1 N–H and O–H groups in total. The van der Waals surface area contributed by atoms with Gasteiger partial charge in [0, 0.05) is 63.9 Å². The van der Waals surface area contributed by atoms with Gasteiger partial charge in [0.15, 0.2) is 0 Å². The van der Waals surface area contributed by atoms with Crippen LogP contribution in [0.25, 0.3) is 5.13 Å². The minimum Gasteiger partial charge on any atom is -0.497 e. The zero-order valence-corrected chi connectivity index (χ0v) is 21.7. The average molecular weight is 510 g/mol. The summed E-state index contributed by atoms with van der Waals surface area (Å²) in [5, 5.41) is 13.6. The van der Waals surface area contributed by atoms with E-state index in [1.54, 1.807) is 18.4 Å². The van der Waals surface area contributed by atoms with Crippen LogP contribution in [-0.2, 0) is 4.79 Å². The summed E-state index contributed by atoms with van der Waals surface area (Å²) in [6.45, 7) is 7.51. The third kappa shape index (κ3) is 5.99. The van der Waals surface area contributed by atoms with Crippen molar-refractivity contribution in [1.29, 1.82) is 0 Å². The van der Waals surface area contributed by atoms with Crippen molar-refractivity contribution in [3.05, 3.63) is 48.8 Å². The largest absolute Gasteiger partial charge is 0.497 e. The van der Waals surface area contributed by atoms with Crippen molar-refractivity contribution in [2.75, 3.05) is 69.3 Å². The Labute approximate surface area is 216 Å². The van der Waals surface area contributed by atoms with E-state index in [4.69, 9.17) is 4.74 Å². The number of methoxy groups -OCH3 is 1. The van der Waals surface area contributed by atoms with Gasteiger partial charge in [-0.1, -0.05) is 11.3 Å². The van der Waals surface area contributed by atoms with Crippen LogP contribution < -0.4 is 19.9 Å². The number of aromatic nitrogens is 3. The maximum Gasteiger partial charge on any atom is 0.224 e. The maximum absolute atomic E-state index is 12.9. The van der Waals surface area contributed by atoms with Crippen molar-refractivity contribution in [3.8, 4) is 10.9 Å². The average Bonchev–Trinajstić information content (AvgIpc) is 3.64. The van der Waals surface area contributed by atoms with Gasteiger partial charge in [0.25, 0.3) is 0 Å². The summed E-state index contributed by atoms with van der Waals surface area (Å²) in [6, 6.07) is 12.2. The summed E-state index contributed by atoms with van der Waals surface area (Å²) in [4.78, 5) is 20.0. The van der Waals surface area contributed by atoms with Crippen LogP contribution in [0.5, 0.6) is 5.75 Å². The Hall–Kier alpha value is -3.11. The first-order valence-corrected chi connectivity index (χ1v) is 13.6. The van der Waals surface area contributed by atoms with E-state index in [-0.39, 0.29) is 11.8 Å². The highest BCUT2D eigenvalue weighted by atomic mass is 32.1. The second-order valence-corrected chi connectivity index (χ2v) is 10.3. The van der Waals surface area contributed by atoms with E-state index in [0.29, 0.717) is 6.54 Å². The molecule has 3 aromatic rings. The van der Waals surface area contributed by atoms with Gasteiger partial charge in [0.05, 0.1) is 13.0 Å². The van der Waals surface area contributed by atoms with Crippen LogP contribution in [0.1, 0.15) is 19.3 Å². The van der Waals surface area contributed by atoms with E-state index >= 15 is 0 Å². The smallest absolute Gasteiger partial charge is 0.224 e. The van der Waals surface area contributed by atoms with E-state index in [1.807, 2.05) is 41.2 Å². The summed E-state index contributed by atoms with van der Waals surface area (Å²) in [7, 11) is 1.70. The van der Waals surface area contributed by atoms with Crippen LogP contribution in [0.15, 0.2) is 48.8 Å². The highest BCUT2D eigenvalue weighted by molar-refractivity contribution is 7.17. The monoisotopic (exact) mass is 509 g/mol. The number of ether oxygens (including phenoxy) is 1. The number of anilines is 2. The van der Waals surface area contributed by atoms with Crippen LogP contribution in [-0.4, -0.2) is 85.0 Å². The molecule has 2 aromatic heterocycles. The summed E-state index contributed by atoms with van der Waals surface area (Å²) >= 11 is 1.57. The summed E-state index contributed by atoms with van der Waals surface area (Å²) in [6.07, 6.45) is 6.84. The molecule has 5 rings (SSSR count). The van der Waals surface area contributed by atoms with Gasteiger partial charge in [-0.05, 0) is 62.2 Å². The van der Waals surface area contributed by atoms with Crippen LogP contribution in [0.3, 0.4) is 0 Å². The number of hydrogen-bond acceptors (Lipinski definition) is 8. The quantitative estimate of drug-likeness (QED) is 0.445. The molecular formula is C26H35N7O2S. The number of carbonyl (C=O) groups excluding carboxylic acids is 1. The fourth-order valence-electron chi connectivity index (χ4n) is 4.95. The molecule has 0 unspecified atom stereocenters. The van der Waals surface area contributed by atoms with Crippen molar-refractivity contribution in [1.82, 2.24) is 25.0 Å². The lowest BCUT2D eigenvalue weighted by molar-refractivity contribution is -0.125. The molecule has 0 spiro atoms. The molecule has 4 heterocycles. The van der Waals surface area contributed by atoms with Crippen LogP contribution in [0.4, 0.5) is 10.8 Å². The fourth-order valence-corrected chi connectivity index (χ4v) is 5.80. The van der Waals surface area contributed by atoms with Gasteiger partial charge < -0.3 is 19.9 Å². The standard InChI is InChI=1S/C26H35N7O2S/c1-35-23-9-7-22(8-10-23)31-18-16-30(17-19-31)12-5-11-27-24(34)21-6-4-15-33(20-21)26-29-28-25(36-26)32-13-2-3-14-32/h2-3,7-10,13-14,21H,4-6,11-12,15-20H2,1H3,(H,27,34)/t21-/m0/s1. The molecule has 1 atom stereocenters. The first-order chi connectivity index (χ1) is 17.7. The van der Waals surface area contributed by atoms with Crippen LogP contribution >= 0.6 is 11.3 Å². The lowest BCUT2D eigenvalue weighted by Crippen LogP contribution is -2.47. The molecule has 1 aromatic carbocycles. The molecule has 10 heteroatoms. The van der Waals surface area contributed by atoms with E-state index in [1.165, 1.54) is 5.69 Å². The molecule has 9 nitrogen and oxygen atoms in total. The van der Waals surface area contributed by atoms with Gasteiger partial charge in [-0.2, -0.15) is 0 Å². The Morgan fingerprint density at radius 2 is 1.78 bits per heavy atom. The van der Waals surface area contributed by atoms with Gasteiger partial charge in [0.2, 0.25) is 16.2 Å². The number of benzene rings is 1. The van der Waals surface area contributed by atoms with Crippen molar-refractivity contribution in [2.45, 2.75) is 19.3 Å². The predicted octanol–water partition coefficient (Wildman–Crippen LogP) is 2.88. The van der Waals surface area contributed by atoms with E-state index in [0.717, 1.165) is 81.1 Å². The number of nitrogens with one attached hydrogen (secondary N) is 1. The molecule has 2 aliphatic rings. The number of rotatable bonds is 9. The summed E-state index contributed by atoms with van der Waals surface area (Å²) in [5.74, 6) is 1.06. The number of piperidine rings is 1. The Morgan fingerprint density at radius 1 is 1.03 bits per heavy atom. The Kier molecular flexibility index (Phi) is 8.02. The van der Waals surface area contributed by atoms with Crippen molar-refractivity contribution in [2.24, 2.45) is 5.92 Å². The van der Waals surface area contributed by atoms with Crippen molar-refractivity contribution in [3.63, 3.8) is 0 Å². The number of carbonyl (C=O) groups is 1. The first-order valence-electron chi connectivity index (χ1n) is 12.8. The predicted molar refractivity (Wildman–Crippen MR) is 143 cm³/mol. The third-order valence-electron chi connectivity index (χ3n) is 7.05. The van der Waals surface area contributed by atoms with Crippen molar-refractivity contribution < 1.29 is 9.53 Å². The highest BCUT2D eigenvalue weighted by Gasteiger charge is 2.27. The second-order valence-electron chi connectivity index (χ2n) is 9.41. The zero-order chi connectivity index (χ0) is 24.7. The lowest BCUT2D eigenvalue weighted by Gasteiger charge is -2.36. The Bertz CT molecular complexity index is 1090. The molecule has 0 saturated carbocycles. The molecule has 2 aliphatic heterocycles. The third-order valence-corrected chi connectivity index (χ3v) is 8.05. The first kappa shape index (κ1) is 24.6. The zero-order valence-electron chi connectivity index (χ0n) is 20.9. The van der Waals surface area contributed by atoms with Gasteiger partial charge in [-0.15, -0.1) is 10.2 Å². The Balaban J connectivity index is 1.01. The van der Waals surface area contributed by atoms with E-state index in [9.17, 15) is 4.79 Å². The molecule has 2 saturated heterocycles. The number of nitrogens with zero attached hydrogens (tertiary/aromatic N) is 6. The topological polar surface area (TPSA) is 78.8 Å². The van der Waals surface area contributed by atoms with Crippen LogP contribution in [0.2, 0.25) is 0 Å². The molecule has 192 valence electrons. The number of amides is 1. The minimum absolute atomic E-state index is 0.00530. The summed E-state index contributed by atoms with van der Waals surface area (Å²) < 4.78 is 7.22. The van der Waals surface area contributed by atoms with Gasteiger partial charge in [0.1, 0.15) is 5.75 Å². The Morgan fingerprint density at radius 3 is 2.53 bits per heavy atom. The fraction of sp³-hybridized carbons (Fsp3) is 0.500. The molecule has 1 amide bonds. The molecule has 0 bridgehead atoms. The van der Waals surface area contributed by atoms with Gasteiger partial charge in [-0.3, -0.25) is 14.3 Å². The highest BCUT2D eigenvalue weighted by Crippen LogP contribution is 2.28. The number of hydrogen-bond donors (Lipinski definition) is 1. The van der Waals surface area contributed by atoms with Gasteiger partial charge in [-0.25, -0.2) is 0 Å². The SMILES string of the molecule is COc1ccc(N2CCN(CCCNC(=O)[C@H]3CCCN(c4nnc(-n5cccc5)s4)C3)CC2)cc1. The molecule has 2 fully saturated rings. The lowest BCUT2D eigenvalue weighted by atomic mass is 9.97. The molecule has 36 heavy (non-hydrogen) atoms.